The van der Waals surface area contributed by atoms with Crippen molar-refractivity contribution in [3.63, 3.8) is 0 Å². The third kappa shape index (κ3) is 3.01. The summed E-state index contributed by atoms with van der Waals surface area (Å²) >= 11 is 0. The maximum absolute atomic E-state index is 5.13. The summed E-state index contributed by atoms with van der Waals surface area (Å²) in [5.41, 5.74) is 7.89. The maximum atomic E-state index is 5.13. The molecule has 0 unspecified atom stereocenters. The number of nitrogens with one attached hydrogen (secondary N) is 1. The first-order valence-electron chi connectivity index (χ1n) is 10.5. The average molecular weight is 396 g/mol. The van der Waals surface area contributed by atoms with Crippen LogP contribution in [0.3, 0.4) is 0 Å². The summed E-state index contributed by atoms with van der Waals surface area (Å²) in [6, 6.07) is 40.3. The molecule has 1 heterocycles. The van der Waals surface area contributed by atoms with Crippen molar-refractivity contribution in [3.05, 3.63) is 115 Å². The van der Waals surface area contributed by atoms with Crippen molar-refractivity contribution < 1.29 is 0 Å². The number of aromatic nitrogens is 2. The van der Waals surface area contributed by atoms with Crippen LogP contribution in [-0.2, 0) is 0 Å². The van der Waals surface area contributed by atoms with Gasteiger partial charge in [-0.15, -0.1) is 0 Å². The zero-order valence-electron chi connectivity index (χ0n) is 16.9. The van der Waals surface area contributed by atoms with Crippen LogP contribution in [0, 0.1) is 0 Å². The van der Waals surface area contributed by atoms with Gasteiger partial charge in [-0.3, -0.25) is 0 Å². The molecule has 0 atom stereocenters. The standard InChI is InChI=1S/C29H20N2/c1-3-10-20(11-4-1)23-16-9-17-24(21-12-5-2-6-13-21)27(23)29-30-26-19-18-22-14-7-8-15-25(22)28(26)31-29/h1-19H,(H,30,31). The number of imidazole rings is 1. The normalized spacial score (nSPS) is 11.2. The molecule has 146 valence electrons. The molecule has 0 saturated heterocycles. The Morgan fingerprint density at radius 1 is 0.516 bits per heavy atom. The molecular weight excluding hydrogens is 376 g/mol. The number of benzene rings is 5. The predicted molar refractivity (Wildman–Crippen MR) is 130 cm³/mol. The topological polar surface area (TPSA) is 28.7 Å². The van der Waals surface area contributed by atoms with Gasteiger partial charge in [0.15, 0.2) is 0 Å². The fourth-order valence-electron chi connectivity index (χ4n) is 4.39. The van der Waals surface area contributed by atoms with Gasteiger partial charge >= 0.3 is 0 Å². The van der Waals surface area contributed by atoms with Gasteiger partial charge in [0.1, 0.15) is 5.82 Å². The Hall–Kier alpha value is -4.17. The third-order valence-electron chi connectivity index (χ3n) is 5.85. The number of hydrogen-bond donors (Lipinski definition) is 1. The Kier molecular flexibility index (Phi) is 4.14. The summed E-state index contributed by atoms with van der Waals surface area (Å²) in [6.07, 6.45) is 0. The summed E-state index contributed by atoms with van der Waals surface area (Å²) in [5.74, 6) is 0.893. The smallest absolute Gasteiger partial charge is 0.139 e. The zero-order valence-corrected chi connectivity index (χ0v) is 16.9. The van der Waals surface area contributed by atoms with Gasteiger partial charge in [0, 0.05) is 10.9 Å². The van der Waals surface area contributed by atoms with E-state index in [9.17, 15) is 0 Å². The van der Waals surface area contributed by atoms with Gasteiger partial charge < -0.3 is 4.98 Å². The van der Waals surface area contributed by atoms with Gasteiger partial charge in [0.25, 0.3) is 0 Å². The molecule has 0 aliphatic rings. The Morgan fingerprint density at radius 3 is 1.81 bits per heavy atom. The molecule has 0 aliphatic carbocycles. The molecule has 0 aliphatic heterocycles. The summed E-state index contributed by atoms with van der Waals surface area (Å²) < 4.78 is 0. The molecular formula is C29H20N2. The van der Waals surface area contributed by atoms with E-state index in [0.29, 0.717) is 0 Å². The fraction of sp³-hybridized carbons (Fsp3) is 0. The second-order valence-electron chi connectivity index (χ2n) is 7.73. The quantitative estimate of drug-likeness (QED) is 0.326. The molecule has 6 aromatic rings. The van der Waals surface area contributed by atoms with Crippen LogP contribution in [-0.4, -0.2) is 9.97 Å². The molecule has 0 bridgehead atoms. The van der Waals surface area contributed by atoms with Gasteiger partial charge in [0.2, 0.25) is 0 Å². The van der Waals surface area contributed by atoms with E-state index in [-0.39, 0.29) is 0 Å². The molecule has 6 rings (SSSR count). The van der Waals surface area contributed by atoms with Gasteiger partial charge in [-0.1, -0.05) is 109 Å². The molecule has 31 heavy (non-hydrogen) atoms. The monoisotopic (exact) mass is 396 g/mol. The lowest BCUT2D eigenvalue weighted by molar-refractivity contribution is 1.34. The molecule has 0 amide bonds. The maximum Gasteiger partial charge on any atom is 0.139 e. The zero-order chi connectivity index (χ0) is 20.6. The van der Waals surface area contributed by atoms with Crippen LogP contribution in [0.4, 0.5) is 0 Å². The minimum atomic E-state index is 0.893. The first kappa shape index (κ1) is 17.7. The lowest BCUT2D eigenvalue weighted by Crippen LogP contribution is -1.92. The molecule has 1 N–H and O–H groups in total. The van der Waals surface area contributed by atoms with Crippen molar-refractivity contribution in [3.8, 4) is 33.6 Å². The predicted octanol–water partition coefficient (Wildman–Crippen LogP) is 7.72. The van der Waals surface area contributed by atoms with Crippen molar-refractivity contribution in [2.24, 2.45) is 0 Å². The summed E-state index contributed by atoms with van der Waals surface area (Å²) in [7, 11) is 0. The summed E-state index contributed by atoms with van der Waals surface area (Å²) in [5, 5.41) is 2.37. The van der Waals surface area contributed by atoms with Crippen LogP contribution in [0.5, 0.6) is 0 Å². The minimum Gasteiger partial charge on any atom is -0.338 e. The number of aromatic amines is 1. The third-order valence-corrected chi connectivity index (χ3v) is 5.85. The van der Waals surface area contributed by atoms with E-state index in [2.05, 4.69) is 120 Å². The highest BCUT2D eigenvalue weighted by Crippen LogP contribution is 2.40. The second-order valence-corrected chi connectivity index (χ2v) is 7.73. The lowest BCUT2D eigenvalue weighted by atomic mass is 9.91. The van der Waals surface area contributed by atoms with Crippen molar-refractivity contribution in [1.29, 1.82) is 0 Å². The van der Waals surface area contributed by atoms with Crippen LogP contribution in [0.15, 0.2) is 115 Å². The molecule has 0 spiro atoms. The molecule has 5 aromatic carbocycles. The van der Waals surface area contributed by atoms with E-state index in [4.69, 9.17) is 4.98 Å². The van der Waals surface area contributed by atoms with Crippen molar-refractivity contribution in [2.75, 3.05) is 0 Å². The highest BCUT2D eigenvalue weighted by molar-refractivity contribution is 6.06. The van der Waals surface area contributed by atoms with E-state index in [1.807, 2.05) is 0 Å². The molecule has 2 heteroatoms. The van der Waals surface area contributed by atoms with Crippen molar-refractivity contribution >= 4 is 21.8 Å². The number of hydrogen-bond acceptors (Lipinski definition) is 1. The SMILES string of the molecule is c1ccc(-c2cccc(-c3ccccc3)c2-c2nc3c(ccc4ccccc43)[nH]2)cc1. The molecule has 0 radical (unpaired) electrons. The van der Waals surface area contributed by atoms with Crippen LogP contribution < -0.4 is 0 Å². The molecule has 0 saturated carbocycles. The van der Waals surface area contributed by atoms with Gasteiger partial charge in [0.05, 0.1) is 11.0 Å². The van der Waals surface area contributed by atoms with E-state index in [1.165, 1.54) is 33.0 Å². The number of nitrogens with zero attached hydrogens (tertiary/aromatic N) is 1. The Labute approximate surface area is 180 Å². The average Bonchev–Trinajstić information content (AvgIpc) is 3.29. The first-order chi connectivity index (χ1) is 15.4. The lowest BCUT2D eigenvalue weighted by Gasteiger charge is -2.14. The van der Waals surface area contributed by atoms with Crippen LogP contribution in [0.1, 0.15) is 0 Å². The highest BCUT2D eigenvalue weighted by Gasteiger charge is 2.17. The first-order valence-corrected chi connectivity index (χ1v) is 10.5. The largest absolute Gasteiger partial charge is 0.338 e. The van der Waals surface area contributed by atoms with Gasteiger partial charge in [-0.05, 0) is 33.7 Å². The Morgan fingerprint density at radius 2 is 1.13 bits per heavy atom. The van der Waals surface area contributed by atoms with E-state index >= 15 is 0 Å². The molecule has 1 aromatic heterocycles. The number of H-pyrrole nitrogens is 1. The van der Waals surface area contributed by atoms with Gasteiger partial charge in [-0.25, -0.2) is 4.98 Å². The minimum absolute atomic E-state index is 0.893. The second kappa shape index (κ2) is 7.26. The molecule has 2 nitrogen and oxygen atoms in total. The van der Waals surface area contributed by atoms with Crippen LogP contribution in [0.25, 0.3) is 55.4 Å². The van der Waals surface area contributed by atoms with Crippen molar-refractivity contribution in [2.45, 2.75) is 0 Å². The van der Waals surface area contributed by atoms with Crippen molar-refractivity contribution in [1.82, 2.24) is 9.97 Å². The fourth-order valence-corrected chi connectivity index (χ4v) is 4.39. The number of fused-ring (bicyclic) bond motifs is 3. The molecule has 0 fully saturated rings. The summed E-state index contributed by atoms with van der Waals surface area (Å²) in [6.45, 7) is 0. The van der Waals surface area contributed by atoms with E-state index in [1.54, 1.807) is 0 Å². The van der Waals surface area contributed by atoms with E-state index < -0.39 is 0 Å². The Bertz CT molecular complexity index is 1460. The Balaban J connectivity index is 1.68. The van der Waals surface area contributed by atoms with E-state index in [0.717, 1.165) is 22.4 Å². The summed E-state index contributed by atoms with van der Waals surface area (Å²) in [4.78, 5) is 8.74. The van der Waals surface area contributed by atoms with Crippen LogP contribution in [0.2, 0.25) is 0 Å². The number of rotatable bonds is 3. The highest BCUT2D eigenvalue weighted by atomic mass is 14.9. The van der Waals surface area contributed by atoms with Crippen LogP contribution >= 0.6 is 0 Å². The van der Waals surface area contributed by atoms with Gasteiger partial charge in [-0.2, -0.15) is 0 Å².